The van der Waals surface area contributed by atoms with Gasteiger partial charge in [0, 0.05) is 43.2 Å². The van der Waals surface area contributed by atoms with E-state index in [0.29, 0.717) is 32.0 Å². The molecule has 4 rings (SSSR count). The van der Waals surface area contributed by atoms with E-state index in [1.807, 2.05) is 15.9 Å². The molecule has 5 nitrogen and oxygen atoms in total. The van der Waals surface area contributed by atoms with Crippen molar-refractivity contribution in [2.24, 2.45) is 5.92 Å². The Balaban J connectivity index is 1.45. The van der Waals surface area contributed by atoms with Crippen molar-refractivity contribution >= 4 is 22.7 Å². The fraction of sp³-hybridized carbons (Fsp3) is 0.500. The summed E-state index contributed by atoms with van der Waals surface area (Å²) in [6, 6.07) is 16.7. The van der Waals surface area contributed by atoms with E-state index in [0.717, 1.165) is 36.8 Å². The molecule has 3 aromatic rings. The number of fused-ring (bicyclic) bond motifs is 1. The maximum atomic E-state index is 13.7. The highest BCUT2D eigenvalue weighted by molar-refractivity contribution is 5.85. The third-order valence-corrected chi connectivity index (χ3v) is 7.87. The highest BCUT2D eigenvalue weighted by atomic mass is 16.2. The van der Waals surface area contributed by atoms with E-state index in [4.69, 9.17) is 0 Å². The number of aromatic nitrogens is 1. The second-order valence-electron chi connectivity index (χ2n) is 10.8. The molecule has 1 aromatic heterocycles. The quantitative estimate of drug-likeness (QED) is 0.285. The summed E-state index contributed by atoms with van der Waals surface area (Å²) in [6.07, 6.45) is 11.4. The fourth-order valence-corrected chi connectivity index (χ4v) is 5.49. The van der Waals surface area contributed by atoms with Crippen LogP contribution in [0.25, 0.3) is 10.9 Å². The molecule has 1 saturated carbocycles. The predicted octanol–water partition coefficient (Wildman–Crippen LogP) is 6.65. The van der Waals surface area contributed by atoms with E-state index >= 15 is 0 Å². The number of nitrogens with zero attached hydrogens (tertiary/aromatic N) is 2. The normalized spacial score (nSPS) is 13.8. The SMILES string of the molecule is CCCCN(CC(=O)N(CCc1c[nH]c2ccccc12)Cc1ccc(C)cc1)C(=O)CCC1CCCC1. The van der Waals surface area contributed by atoms with E-state index in [1.165, 1.54) is 42.2 Å². The molecule has 198 valence electrons. The minimum absolute atomic E-state index is 0.0331. The van der Waals surface area contributed by atoms with Crippen LogP contribution in [0.4, 0.5) is 0 Å². The van der Waals surface area contributed by atoms with Gasteiger partial charge in [0.05, 0.1) is 6.54 Å². The number of nitrogens with one attached hydrogen (secondary N) is 1. The van der Waals surface area contributed by atoms with E-state index < -0.39 is 0 Å². The van der Waals surface area contributed by atoms with Crippen molar-refractivity contribution in [1.82, 2.24) is 14.8 Å². The predicted molar refractivity (Wildman–Crippen MR) is 151 cm³/mol. The lowest BCUT2D eigenvalue weighted by molar-refractivity contribution is -0.141. The molecule has 1 aliphatic rings. The number of aromatic amines is 1. The van der Waals surface area contributed by atoms with Crippen molar-refractivity contribution in [2.75, 3.05) is 19.6 Å². The molecule has 2 aromatic carbocycles. The summed E-state index contributed by atoms with van der Waals surface area (Å²) < 4.78 is 0. The number of para-hydroxylation sites is 1. The van der Waals surface area contributed by atoms with Crippen LogP contribution in [0.2, 0.25) is 0 Å². The topological polar surface area (TPSA) is 56.4 Å². The number of benzene rings is 2. The Morgan fingerprint density at radius 1 is 0.946 bits per heavy atom. The maximum Gasteiger partial charge on any atom is 0.242 e. The molecular formula is C32H43N3O2. The second-order valence-corrected chi connectivity index (χ2v) is 10.8. The molecule has 0 bridgehead atoms. The highest BCUT2D eigenvalue weighted by Crippen LogP contribution is 2.28. The lowest BCUT2D eigenvalue weighted by Gasteiger charge is -2.28. The Hall–Kier alpha value is -3.08. The smallest absolute Gasteiger partial charge is 0.242 e. The van der Waals surface area contributed by atoms with Gasteiger partial charge in [0.2, 0.25) is 11.8 Å². The number of carbonyl (C=O) groups is 2. The zero-order valence-electron chi connectivity index (χ0n) is 22.7. The molecule has 1 heterocycles. The standard InChI is InChI=1S/C32H43N3O2/c1-3-4-20-34(31(36)18-17-26-9-5-6-10-26)24-32(37)35(23-27-15-13-25(2)14-16-27)21-19-28-22-33-30-12-8-7-11-29(28)30/h7-8,11-16,22,26,33H,3-6,9-10,17-21,23-24H2,1-2H3. The van der Waals surface area contributed by atoms with Gasteiger partial charge in [0.1, 0.15) is 0 Å². The van der Waals surface area contributed by atoms with Crippen molar-refractivity contribution in [3.8, 4) is 0 Å². The molecule has 5 heteroatoms. The lowest BCUT2D eigenvalue weighted by Crippen LogP contribution is -2.43. The Morgan fingerprint density at radius 3 is 2.46 bits per heavy atom. The Bertz CT molecular complexity index is 1140. The number of carbonyl (C=O) groups excluding carboxylic acids is 2. The lowest BCUT2D eigenvalue weighted by atomic mass is 10.0. The Kier molecular flexibility index (Phi) is 9.81. The van der Waals surface area contributed by atoms with Crippen LogP contribution in [0.15, 0.2) is 54.7 Å². The van der Waals surface area contributed by atoms with Crippen molar-refractivity contribution < 1.29 is 9.59 Å². The maximum absolute atomic E-state index is 13.7. The third-order valence-electron chi connectivity index (χ3n) is 7.87. The number of hydrogen-bond donors (Lipinski definition) is 1. The summed E-state index contributed by atoms with van der Waals surface area (Å²) >= 11 is 0. The molecule has 0 aliphatic heterocycles. The van der Waals surface area contributed by atoms with Gasteiger partial charge < -0.3 is 14.8 Å². The van der Waals surface area contributed by atoms with Crippen LogP contribution in [-0.2, 0) is 22.6 Å². The summed E-state index contributed by atoms with van der Waals surface area (Å²) in [6.45, 7) is 6.21. The molecular weight excluding hydrogens is 458 g/mol. The number of unbranched alkanes of at least 4 members (excludes halogenated alkanes) is 1. The molecule has 1 aliphatic carbocycles. The van der Waals surface area contributed by atoms with Crippen LogP contribution < -0.4 is 0 Å². The molecule has 0 spiro atoms. The van der Waals surface area contributed by atoms with Gasteiger partial charge in [-0.2, -0.15) is 0 Å². The minimum Gasteiger partial charge on any atom is -0.361 e. The Labute approximate surface area is 222 Å². The van der Waals surface area contributed by atoms with E-state index in [-0.39, 0.29) is 18.4 Å². The zero-order chi connectivity index (χ0) is 26.0. The first-order valence-corrected chi connectivity index (χ1v) is 14.2. The number of hydrogen-bond acceptors (Lipinski definition) is 2. The van der Waals surface area contributed by atoms with Crippen molar-refractivity contribution in [3.05, 3.63) is 71.4 Å². The van der Waals surface area contributed by atoms with Gasteiger partial charge in [-0.3, -0.25) is 9.59 Å². The van der Waals surface area contributed by atoms with E-state index in [9.17, 15) is 9.59 Å². The van der Waals surface area contributed by atoms with Gasteiger partial charge >= 0.3 is 0 Å². The van der Waals surface area contributed by atoms with Crippen LogP contribution in [0, 0.1) is 12.8 Å². The molecule has 0 saturated heterocycles. The van der Waals surface area contributed by atoms with Crippen molar-refractivity contribution in [1.29, 1.82) is 0 Å². The minimum atomic E-state index is 0.0331. The molecule has 0 unspecified atom stereocenters. The summed E-state index contributed by atoms with van der Waals surface area (Å²) in [5, 5.41) is 1.21. The van der Waals surface area contributed by atoms with Gasteiger partial charge in [-0.05, 0) is 49.3 Å². The van der Waals surface area contributed by atoms with Gasteiger partial charge in [0.25, 0.3) is 0 Å². The van der Waals surface area contributed by atoms with Crippen LogP contribution in [0.5, 0.6) is 0 Å². The number of rotatable bonds is 13. The fourth-order valence-electron chi connectivity index (χ4n) is 5.49. The average Bonchev–Trinajstić information content (AvgIpc) is 3.58. The van der Waals surface area contributed by atoms with E-state index in [2.05, 4.69) is 67.5 Å². The molecule has 0 radical (unpaired) electrons. The Morgan fingerprint density at radius 2 is 1.70 bits per heavy atom. The molecule has 2 amide bonds. The first-order chi connectivity index (χ1) is 18.0. The van der Waals surface area contributed by atoms with Crippen LogP contribution >= 0.6 is 0 Å². The van der Waals surface area contributed by atoms with Crippen LogP contribution in [0.3, 0.4) is 0 Å². The van der Waals surface area contributed by atoms with Gasteiger partial charge in [-0.1, -0.05) is 87.1 Å². The van der Waals surface area contributed by atoms with Gasteiger partial charge in [-0.15, -0.1) is 0 Å². The molecule has 0 atom stereocenters. The molecule has 1 N–H and O–H groups in total. The first-order valence-electron chi connectivity index (χ1n) is 14.2. The van der Waals surface area contributed by atoms with Gasteiger partial charge in [0.15, 0.2) is 0 Å². The summed E-state index contributed by atoms with van der Waals surface area (Å²) in [5.74, 6) is 0.855. The number of H-pyrrole nitrogens is 1. The van der Waals surface area contributed by atoms with Gasteiger partial charge in [-0.25, -0.2) is 0 Å². The summed E-state index contributed by atoms with van der Waals surface area (Å²) in [5.41, 5.74) is 4.66. The average molecular weight is 502 g/mol. The second kappa shape index (κ2) is 13.5. The highest BCUT2D eigenvalue weighted by Gasteiger charge is 2.23. The largest absolute Gasteiger partial charge is 0.361 e. The van der Waals surface area contributed by atoms with Crippen LogP contribution in [-0.4, -0.2) is 46.2 Å². The summed E-state index contributed by atoms with van der Waals surface area (Å²) in [4.78, 5) is 34.0. The first kappa shape index (κ1) is 27.0. The van der Waals surface area contributed by atoms with Crippen LogP contribution in [0.1, 0.15) is 75.0 Å². The monoisotopic (exact) mass is 501 g/mol. The molecule has 1 fully saturated rings. The van der Waals surface area contributed by atoms with Crippen molar-refractivity contribution in [2.45, 2.75) is 78.2 Å². The molecule has 37 heavy (non-hydrogen) atoms. The number of aryl methyl sites for hydroxylation is 1. The third kappa shape index (κ3) is 7.70. The van der Waals surface area contributed by atoms with Crippen molar-refractivity contribution in [3.63, 3.8) is 0 Å². The summed E-state index contributed by atoms with van der Waals surface area (Å²) in [7, 11) is 0. The van der Waals surface area contributed by atoms with E-state index in [1.54, 1.807) is 0 Å². The number of amides is 2. The zero-order valence-corrected chi connectivity index (χ0v) is 22.7.